The second-order valence-electron chi connectivity index (χ2n) is 10.9. The van der Waals surface area contributed by atoms with Gasteiger partial charge in [-0.2, -0.15) is 0 Å². The molecule has 0 aromatic heterocycles. The first-order valence-electron chi connectivity index (χ1n) is 10.9. The quantitative estimate of drug-likeness (QED) is 0.497. The highest BCUT2D eigenvalue weighted by molar-refractivity contribution is 5.90. The molecule has 30 heavy (non-hydrogen) atoms. The molecule has 0 unspecified atom stereocenters. The van der Waals surface area contributed by atoms with E-state index in [9.17, 15) is 18.0 Å². The van der Waals surface area contributed by atoms with Gasteiger partial charge in [0.25, 0.3) is 5.92 Å². The Bertz CT molecular complexity index is 844. The van der Waals surface area contributed by atoms with Crippen LogP contribution in [0.2, 0.25) is 0 Å². The van der Waals surface area contributed by atoms with Crippen LogP contribution in [0.1, 0.15) is 94.5 Å². The van der Waals surface area contributed by atoms with E-state index in [1.54, 1.807) is 26.8 Å². The maximum atomic E-state index is 14.7. The van der Waals surface area contributed by atoms with Gasteiger partial charge in [0, 0.05) is 23.3 Å². The summed E-state index contributed by atoms with van der Waals surface area (Å²) >= 11 is 0. The Morgan fingerprint density at radius 2 is 1.73 bits per heavy atom. The molecule has 0 saturated heterocycles. The molecular formula is C24H31F3O3. The van der Waals surface area contributed by atoms with Crippen molar-refractivity contribution in [3.63, 3.8) is 0 Å². The molecule has 3 aliphatic carbocycles. The molecule has 0 radical (unpaired) electrons. The Morgan fingerprint density at radius 1 is 1.13 bits per heavy atom. The van der Waals surface area contributed by atoms with Crippen molar-refractivity contribution in [1.82, 2.24) is 0 Å². The van der Waals surface area contributed by atoms with E-state index < -0.39 is 28.7 Å². The predicted octanol–water partition coefficient (Wildman–Crippen LogP) is 6.64. The van der Waals surface area contributed by atoms with Crippen LogP contribution < -0.4 is 4.74 Å². The van der Waals surface area contributed by atoms with Crippen molar-refractivity contribution in [1.29, 1.82) is 0 Å². The number of ether oxygens (including phenoxy) is 2. The van der Waals surface area contributed by atoms with Crippen LogP contribution in [0.5, 0.6) is 5.75 Å². The van der Waals surface area contributed by atoms with Gasteiger partial charge in [-0.25, -0.2) is 18.0 Å². The van der Waals surface area contributed by atoms with Crippen molar-refractivity contribution >= 4 is 5.97 Å². The average Bonchev–Trinajstić information content (AvgIpc) is 3.52. The molecule has 0 heterocycles. The highest BCUT2D eigenvalue weighted by atomic mass is 19.3. The van der Waals surface area contributed by atoms with E-state index in [0.717, 1.165) is 18.4 Å². The second-order valence-corrected chi connectivity index (χ2v) is 10.9. The maximum Gasteiger partial charge on any atom is 0.341 e. The fourth-order valence-corrected chi connectivity index (χ4v) is 4.55. The fourth-order valence-electron chi connectivity index (χ4n) is 4.55. The number of carbonyl (C=O) groups excluding carboxylic acids is 1. The van der Waals surface area contributed by atoms with Crippen LogP contribution in [0.3, 0.4) is 0 Å². The average molecular weight is 425 g/mol. The number of rotatable bonds is 5. The van der Waals surface area contributed by atoms with Gasteiger partial charge in [0.2, 0.25) is 0 Å². The molecule has 3 saturated carbocycles. The molecular weight excluding hydrogens is 393 g/mol. The molecule has 0 atom stereocenters. The van der Waals surface area contributed by atoms with E-state index in [0.29, 0.717) is 38.0 Å². The first-order valence-corrected chi connectivity index (χ1v) is 10.9. The van der Waals surface area contributed by atoms with Crippen molar-refractivity contribution in [3.8, 4) is 5.75 Å². The van der Waals surface area contributed by atoms with Gasteiger partial charge >= 0.3 is 5.97 Å². The molecule has 1 aromatic rings. The summed E-state index contributed by atoms with van der Waals surface area (Å²) in [5, 5.41) is 0. The molecule has 3 fully saturated rings. The summed E-state index contributed by atoms with van der Waals surface area (Å²) in [7, 11) is 0. The predicted molar refractivity (Wildman–Crippen MR) is 108 cm³/mol. The monoisotopic (exact) mass is 424 g/mol. The third-order valence-corrected chi connectivity index (χ3v) is 6.94. The minimum Gasteiger partial charge on any atom is -0.493 e. The van der Waals surface area contributed by atoms with Crippen LogP contribution in [0.4, 0.5) is 13.2 Å². The molecule has 1 aromatic carbocycles. The van der Waals surface area contributed by atoms with Gasteiger partial charge in [-0.15, -0.1) is 0 Å². The van der Waals surface area contributed by atoms with Crippen molar-refractivity contribution in [2.75, 3.05) is 6.61 Å². The molecule has 6 heteroatoms. The van der Waals surface area contributed by atoms with E-state index in [4.69, 9.17) is 9.47 Å². The molecule has 3 nitrogen and oxygen atoms in total. The van der Waals surface area contributed by atoms with Gasteiger partial charge < -0.3 is 9.47 Å². The minimum atomic E-state index is -2.51. The molecule has 166 valence electrons. The largest absolute Gasteiger partial charge is 0.493 e. The minimum absolute atomic E-state index is 0.0140. The molecule has 0 amide bonds. The summed E-state index contributed by atoms with van der Waals surface area (Å²) < 4.78 is 53.4. The first-order chi connectivity index (χ1) is 13.8. The van der Waals surface area contributed by atoms with Crippen molar-refractivity contribution in [3.05, 3.63) is 29.1 Å². The summed E-state index contributed by atoms with van der Waals surface area (Å²) in [6.07, 6.45) is 4.36. The summed E-state index contributed by atoms with van der Waals surface area (Å²) in [4.78, 5) is 12.4. The zero-order chi connectivity index (χ0) is 21.9. The lowest BCUT2D eigenvalue weighted by Gasteiger charge is -2.37. The number of alkyl halides is 2. The topological polar surface area (TPSA) is 35.5 Å². The molecule has 1 spiro atoms. The van der Waals surface area contributed by atoms with Crippen LogP contribution in [0.25, 0.3) is 0 Å². The highest BCUT2D eigenvalue weighted by Crippen LogP contribution is 2.69. The van der Waals surface area contributed by atoms with E-state index in [1.165, 1.54) is 6.07 Å². The number of hydrogen-bond acceptors (Lipinski definition) is 3. The lowest BCUT2D eigenvalue weighted by atomic mass is 9.70. The van der Waals surface area contributed by atoms with Crippen molar-refractivity contribution < 1.29 is 27.4 Å². The summed E-state index contributed by atoms with van der Waals surface area (Å²) in [6, 6.07) is 2.86. The molecule has 0 N–H and O–H groups in total. The number of hydrogen-bond donors (Lipinski definition) is 0. The van der Waals surface area contributed by atoms with Crippen LogP contribution in [0.15, 0.2) is 12.1 Å². The second kappa shape index (κ2) is 6.89. The first kappa shape index (κ1) is 21.5. The Labute approximate surface area is 176 Å². The van der Waals surface area contributed by atoms with E-state index in [-0.39, 0.29) is 23.3 Å². The van der Waals surface area contributed by atoms with Gasteiger partial charge in [0.1, 0.15) is 17.2 Å². The Balaban J connectivity index is 1.47. The summed E-state index contributed by atoms with van der Waals surface area (Å²) in [5.41, 5.74) is -0.926. The third-order valence-electron chi connectivity index (χ3n) is 6.94. The standard InChI is InChI=1S/C24H31F3O3/c1-21(2,3)30-20(28)17-11-16(15-5-6-15)19(12-18(17)25)29-14-22(4)7-9-23(10-8-22)13-24(23,26)27/h11-12,15H,5-10,13-14H2,1-4H3. The van der Waals surface area contributed by atoms with Crippen LogP contribution in [0, 0.1) is 16.6 Å². The zero-order valence-electron chi connectivity index (χ0n) is 18.2. The van der Waals surface area contributed by atoms with Crippen LogP contribution in [-0.2, 0) is 4.74 Å². The van der Waals surface area contributed by atoms with Gasteiger partial charge in [0.15, 0.2) is 0 Å². The van der Waals surface area contributed by atoms with Gasteiger partial charge in [0.05, 0.1) is 12.2 Å². The summed E-state index contributed by atoms with van der Waals surface area (Å²) in [6.45, 7) is 7.65. The molecule has 0 aliphatic heterocycles. The molecule has 3 aliphatic rings. The zero-order valence-corrected chi connectivity index (χ0v) is 18.2. The third kappa shape index (κ3) is 4.19. The van der Waals surface area contributed by atoms with E-state index in [1.807, 2.05) is 0 Å². The van der Waals surface area contributed by atoms with Gasteiger partial charge in [-0.3, -0.25) is 0 Å². The smallest absolute Gasteiger partial charge is 0.341 e. The van der Waals surface area contributed by atoms with Crippen LogP contribution in [-0.4, -0.2) is 24.1 Å². The van der Waals surface area contributed by atoms with Crippen molar-refractivity contribution in [2.24, 2.45) is 10.8 Å². The van der Waals surface area contributed by atoms with Crippen molar-refractivity contribution in [2.45, 2.75) is 90.1 Å². The summed E-state index contributed by atoms with van der Waals surface area (Å²) in [5.74, 6) is -3.12. The number of benzene rings is 1. The van der Waals surface area contributed by atoms with E-state index >= 15 is 0 Å². The normalized spacial score (nSPS) is 30.2. The fraction of sp³-hybridized carbons (Fsp3) is 0.708. The SMILES string of the molecule is CC1(COc2cc(F)c(C(=O)OC(C)(C)C)cc2C2CC2)CCC2(CC1)CC2(F)F. The number of halogens is 3. The number of esters is 1. The molecule has 0 bridgehead atoms. The highest BCUT2D eigenvalue weighted by Gasteiger charge is 2.71. The van der Waals surface area contributed by atoms with Gasteiger partial charge in [-0.1, -0.05) is 6.92 Å². The van der Waals surface area contributed by atoms with E-state index in [2.05, 4.69) is 6.92 Å². The Kier molecular flexibility index (Phi) is 4.94. The van der Waals surface area contributed by atoms with Gasteiger partial charge in [-0.05, 0) is 76.8 Å². The molecule has 4 rings (SSSR count). The Hall–Kier alpha value is -1.72. The Morgan fingerprint density at radius 3 is 2.23 bits per heavy atom. The van der Waals surface area contributed by atoms with Crippen LogP contribution >= 0.6 is 0 Å². The lowest BCUT2D eigenvalue weighted by Crippen LogP contribution is -2.33. The lowest BCUT2D eigenvalue weighted by molar-refractivity contribution is 0.00622. The maximum absolute atomic E-state index is 14.7. The number of carbonyl (C=O) groups is 1.